The molecule has 0 bridgehead atoms. The van der Waals surface area contributed by atoms with E-state index < -0.39 is 0 Å². The molecule has 0 unspecified atom stereocenters. The molecule has 124 valence electrons. The number of halogens is 1. The quantitative estimate of drug-likeness (QED) is 0.434. The standard InChI is InChI=1S/C23H20FN/c1-2-4-16-7-9-17(10-8-16)20-5-3-6-22-21(20)15-23(25-22)18-11-13-19(24)14-12-18/h3,5-15,25H,2,4H2,1H3. The molecule has 0 saturated heterocycles. The van der Waals surface area contributed by atoms with Crippen molar-refractivity contribution in [1.29, 1.82) is 0 Å². The highest BCUT2D eigenvalue weighted by atomic mass is 19.1. The maximum Gasteiger partial charge on any atom is 0.123 e. The molecule has 0 fully saturated rings. The fourth-order valence-corrected chi connectivity index (χ4v) is 3.33. The minimum absolute atomic E-state index is 0.215. The minimum Gasteiger partial charge on any atom is -0.355 e. The SMILES string of the molecule is CCCc1ccc(-c2cccc3[nH]c(-c4ccc(F)cc4)cc23)cc1. The Kier molecular flexibility index (Phi) is 4.10. The van der Waals surface area contributed by atoms with E-state index in [9.17, 15) is 4.39 Å². The lowest BCUT2D eigenvalue weighted by atomic mass is 9.99. The lowest BCUT2D eigenvalue weighted by Crippen LogP contribution is -1.84. The van der Waals surface area contributed by atoms with E-state index in [-0.39, 0.29) is 5.82 Å². The van der Waals surface area contributed by atoms with Gasteiger partial charge in [0, 0.05) is 16.6 Å². The second kappa shape index (κ2) is 6.56. The van der Waals surface area contributed by atoms with Crippen molar-refractivity contribution >= 4 is 10.9 Å². The highest BCUT2D eigenvalue weighted by molar-refractivity contribution is 5.98. The van der Waals surface area contributed by atoms with Crippen molar-refractivity contribution in [2.75, 3.05) is 0 Å². The minimum atomic E-state index is -0.215. The zero-order valence-electron chi connectivity index (χ0n) is 14.2. The van der Waals surface area contributed by atoms with E-state index in [1.54, 1.807) is 12.1 Å². The summed E-state index contributed by atoms with van der Waals surface area (Å²) in [5, 5.41) is 1.19. The van der Waals surface area contributed by atoms with Gasteiger partial charge in [-0.25, -0.2) is 4.39 Å². The Morgan fingerprint density at radius 2 is 1.56 bits per heavy atom. The summed E-state index contributed by atoms with van der Waals surface area (Å²) in [7, 11) is 0. The molecule has 2 heteroatoms. The molecule has 4 rings (SSSR count). The van der Waals surface area contributed by atoms with Crippen LogP contribution in [-0.2, 0) is 6.42 Å². The number of aromatic nitrogens is 1. The zero-order valence-corrected chi connectivity index (χ0v) is 14.2. The third-order valence-electron chi connectivity index (χ3n) is 4.62. The number of benzene rings is 3. The molecule has 0 aliphatic heterocycles. The van der Waals surface area contributed by atoms with Crippen LogP contribution in [0.4, 0.5) is 4.39 Å². The van der Waals surface area contributed by atoms with Crippen LogP contribution >= 0.6 is 0 Å². The third-order valence-corrected chi connectivity index (χ3v) is 4.62. The maximum atomic E-state index is 13.2. The lowest BCUT2D eigenvalue weighted by molar-refractivity contribution is 0.628. The first-order chi connectivity index (χ1) is 12.2. The molecule has 1 aromatic heterocycles. The molecular formula is C23H20FN. The van der Waals surface area contributed by atoms with E-state index in [2.05, 4.69) is 60.4 Å². The topological polar surface area (TPSA) is 15.8 Å². The largest absolute Gasteiger partial charge is 0.355 e. The fraction of sp³-hybridized carbons (Fsp3) is 0.130. The molecular weight excluding hydrogens is 309 g/mol. The van der Waals surface area contributed by atoms with Gasteiger partial charge in [0.1, 0.15) is 5.82 Å². The summed E-state index contributed by atoms with van der Waals surface area (Å²) in [5.74, 6) is -0.215. The number of aryl methyl sites for hydroxylation is 1. The molecule has 1 nitrogen and oxygen atoms in total. The number of fused-ring (bicyclic) bond motifs is 1. The smallest absolute Gasteiger partial charge is 0.123 e. The van der Waals surface area contributed by atoms with E-state index >= 15 is 0 Å². The molecule has 1 heterocycles. The van der Waals surface area contributed by atoms with Gasteiger partial charge in [-0.3, -0.25) is 0 Å². The van der Waals surface area contributed by atoms with Crippen molar-refractivity contribution in [3.8, 4) is 22.4 Å². The number of rotatable bonds is 4. The van der Waals surface area contributed by atoms with Crippen LogP contribution in [0.1, 0.15) is 18.9 Å². The van der Waals surface area contributed by atoms with Crippen molar-refractivity contribution in [3.05, 3.63) is 84.2 Å². The fourth-order valence-electron chi connectivity index (χ4n) is 3.33. The average molecular weight is 329 g/mol. The second-order valence-electron chi connectivity index (χ2n) is 6.40. The van der Waals surface area contributed by atoms with Crippen molar-refractivity contribution in [1.82, 2.24) is 4.98 Å². The monoisotopic (exact) mass is 329 g/mol. The maximum absolute atomic E-state index is 13.2. The summed E-state index contributed by atoms with van der Waals surface area (Å²) in [4.78, 5) is 3.45. The van der Waals surface area contributed by atoms with E-state index in [0.717, 1.165) is 29.6 Å². The summed E-state index contributed by atoms with van der Waals surface area (Å²) in [6.07, 6.45) is 2.27. The van der Waals surface area contributed by atoms with Crippen molar-refractivity contribution in [3.63, 3.8) is 0 Å². The molecule has 0 amide bonds. The summed E-state index contributed by atoms with van der Waals surface area (Å²) in [6.45, 7) is 2.20. The highest BCUT2D eigenvalue weighted by Gasteiger charge is 2.09. The summed E-state index contributed by atoms with van der Waals surface area (Å²) >= 11 is 0. The first-order valence-electron chi connectivity index (χ1n) is 8.71. The molecule has 4 aromatic rings. The Labute approximate surface area is 147 Å². The van der Waals surface area contributed by atoms with Crippen LogP contribution in [0.15, 0.2) is 72.8 Å². The normalized spacial score (nSPS) is 11.1. The molecule has 0 spiro atoms. The molecule has 1 N–H and O–H groups in total. The molecule has 3 aromatic carbocycles. The number of aromatic amines is 1. The first kappa shape index (κ1) is 15.6. The van der Waals surface area contributed by atoms with E-state index in [1.165, 1.54) is 34.2 Å². The van der Waals surface area contributed by atoms with Crippen LogP contribution in [0.5, 0.6) is 0 Å². The van der Waals surface area contributed by atoms with Crippen LogP contribution in [0.25, 0.3) is 33.3 Å². The molecule has 0 saturated carbocycles. The Morgan fingerprint density at radius 1 is 0.840 bits per heavy atom. The summed E-state index contributed by atoms with van der Waals surface area (Å²) in [5.41, 5.74) is 6.89. The summed E-state index contributed by atoms with van der Waals surface area (Å²) in [6, 6.07) is 23.9. The van der Waals surface area contributed by atoms with E-state index in [0.29, 0.717) is 0 Å². The van der Waals surface area contributed by atoms with Gasteiger partial charge in [0.25, 0.3) is 0 Å². The second-order valence-corrected chi connectivity index (χ2v) is 6.40. The third kappa shape index (κ3) is 3.08. The number of hydrogen-bond acceptors (Lipinski definition) is 0. The van der Waals surface area contributed by atoms with Crippen LogP contribution < -0.4 is 0 Å². The van der Waals surface area contributed by atoms with E-state index in [4.69, 9.17) is 0 Å². The predicted octanol–water partition coefficient (Wildman–Crippen LogP) is 6.59. The Hall–Kier alpha value is -2.87. The average Bonchev–Trinajstić information content (AvgIpc) is 3.07. The van der Waals surface area contributed by atoms with Gasteiger partial charge < -0.3 is 4.98 Å². The van der Waals surface area contributed by atoms with Crippen molar-refractivity contribution in [2.45, 2.75) is 19.8 Å². The molecule has 0 aliphatic carbocycles. The number of nitrogens with one attached hydrogen (secondary N) is 1. The number of H-pyrrole nitrogens is 1. The molecule has 25 heavy (non-hydrogen) atoms. The first-order valence-corrected chi connectivity index (χ1v) is 8.71. The molecule has 0 radical (unpaired) electrons. The van der Waals surface area contributed by atoms with Crippen LogP contribution in [0, 0.1) is 5.82 Å². The van der Waals surface area contributed by atoms with Gasteiger partial charge in [0.05, 0.1) is 0 Å². The van der Waals surface area contributed by atoms with Crippen LogP contribution in [0.3, 0.4) is 0 Å². The van der Waals surface area contributed by atoms with Gasteiger partial charge in [-0.05, 0) is 65.1 Å². The van der Waals surface area contributed by atoms with Gasteiger partial charge in [-0.1, -0.05) is 49.7 Å². The van der Waals surface area contributed by atoms with Gasteiger partial charge in [-0.2, -0.15) is 0 Å². The van der Waals surface area contributed by atoms with Crippen LogP contribution in [0.2, 0.25) is 0 Å². The predicted molar refractivity (Wildman–Crippen MR) is 103 cm³/mol. The van der Waals surface area contributed by atoms with Gasteiger partial charge in [0.2, 0.25) is 0 Å². The highest BCUT2D eigenvalue weighted by Crippen LogP contribution is 2.32. The molecule has 0 atom stereocenters. The number of hydrogen-bond donors (Lipinski definition) is 1. The summed E-state index contributed by atoms with van der Waals surface area (Å²) < 4.78 is 13.2. The van der Waals surface area contributed by atoms with Crippen LogP contribution in [-0.4, -0.2) is 4.98 Å². The Balaban J connectivity index is 1.78. The van der Waals surface area contributed by atoms with Gasteiger partial charge >= 0.3 is 0 Å². The lowest BCUT2D eigenvalue weighted by Gasteiger charge is -2.05. The molecule has 0 aliphatic rings. The van der Waals surface area contributed by atoms with Gasteiger partial charge in [0.15, 0.2) is 0 Å². The van der Waals surface area contributed by atoms with Gasteiger partial charge in [-0.15, -0.1) is 0 Å². The Bertz CT molecular complexity index is 995. The zero-order chi connectivity index (χ0) is 17.2. The van der Waals surface area contributed by atoms with E-state index in [1.807, 2.05) is 0 Å². The van der Waals surface area contributed by atoms with Crippen molar-refractivity contribution < 1.29 is 4.39 Å². The Morgan fingerprint density at radius 3 is 2.28 bits per heavy atom. The van der Waals surface area contributed by atoms with Crippen molar-refractivity contribution in [2.24, 2.45) is 0 Å².